The molecule has 0 unspecified atom stereocenters. The van der Waals surface area contributed by atoms with Crippen LogP contribution in [0.25, 0.3) is 0 Å². The first-order chi connectivity index (χ1) is 10.1. The van der Waals surface area contributed by atoms with E-state index in [0.29, 0.717) is 12.3 Å². The molecular formula is C15H14Br2N2O2. The summed E-state index contributed by atoms with van der Waals surface area (Å²) in [7, 11) is 0. The third-order valence-corrected chi connectivity index (χ3v) is 3.78. The van der Waals surface area contributed by atoms with E-state index < -0.39 is 0 Å². The van der Waals surface area contributed by atoms with Crippen molar-refractivity contribution in [1.82, 2.24) is 5.43 Å². The molecule has 0 atom stereocenters. The number of carbonyl (C=O) groups is 1. The van der Waals surface area contributed by atoms with E-state index in [2.05, 4.69) is 42.7 Å². The molecule has 21 heavy (non-hydrogen) atoms. The summed E-state index contributed by atoms with van der Waals surface area (Å²) in [6.07, 6.45) is 0. The second-order valence-electron chi connectivity index (χ2n) is 4.33. The van der Waals surface area contributed by atoms with E-state index >= 15 is 0 Å². The van der Waals surface area contributed by atoms with E-state index in [0.717, 1.165) is 20.2 Å². The number of halogens is 2. The van der Waals surface area contributed by atoms with E-state index in [1.165, 1.54) is 6.92 Å². The lowest BCUT2D eigenvalue weighted by Crippen LogP contribution is -2.20. The van der Waals surface area contributed by atoms with Gasteiger partial charge in [-0.25, -0.2) is 5.43 Å². The maximum absolute atomic E-state index is 11.0. The number of ether oxygens (including phenoxy) is 1. The highest BCUT2D eigenvalue weighted by Gasteiger charge is 2.11. The molecule has 0 radical (unpaired) electrons. The summed E-state index contributed by atoms with van der Waals surface area (Å²) < 4.78 is 6.59. The van der Waals surface area contributed by atoms with Gasteiger partial charge in [-0.05, 0) is 61.7 Å². The fraction of sp³-hybridized carbons (Fsp3) is 0.133. The lowest BCUT2D eigenvalue weighted by Gasteiger charge is -2.12. The van der Waals surface area contributed by atoms with Crippen molar-refractivity contribution in [2.75, 3.05) is 5.43 Å². The predicted molar refractivity (Wildman–Crippen MR) is 90.1 cm³/mol. The van der Waals surface area contributed by atoms with E-state index in [-0.39, 0.29) is 5.97 Å². The molecule has 0 spiro atoms. The van der Waals surface area contributed by atoms with E-state index in [4.69, 9.17) is 4.74 Å². The average Bonchev–Trinajstić information content (AvgIpc) is 2.44. The van der Waals surface area contributed by atoms with Crippen molar-refractivity contribution < 1.29 is 9.53 Å². The Balaban J connectivity index is 1.99. The van der Waals surface area contributed by atoms with Crippen LogP contribution in [0.1, 0.15) is 12.5 Å². The van der Waals surface area contributed by atoms with Crippen molar-refractivity contribution in [3.63, 3.8) is 0 Å². The number of benzene rings is 2. The van der Waals surface area contributed by atoms with Crippen molar-refractivity contribution in [2.24, 2.45) is 0 Å². The van der Waals surface area contributed by atoms with Crippen molar-refractivity contribution in [3.05, 3.63) is 57.0 Å². The summed E-state index contributed by atoms with van der Waals surface area (Å²) in [4.78, 5) is 11.0. The molecule has 0 amide bonds. The Bertz CT molecular complexity index is 610. The van der Waals surface area contributed by atoms with Crippen LogP contribution in [0.4, 0.5) is 5.69 Å². The summed E-state index contributed by atoms with van der Waals surface area (Å²) in [5.41, 5.74) is 8.27. The Kier molecular flexibility index (Phi) is 5.78. The number of para-hydroxylation sites is 1. The molecule has 2 rings (SSSR count). The highest BCUT2D eigenvalue weighted by Crippen LogP contribution is 2.34. The number of hydrazine groups is 1. The Morgan fingerprint density at radius 3 is 2.33 bits per heavy atom. The van der Waals surface area contributed by atoms with Crippen molar-refractivity contribution in [2.45, 2.75) is 13.5 Å². The van der Waals surface area contributed by atoms with E-state index in [1.807, 2.05) is 42.5 Å². The summed E-state index contributed by atoms with van der Waals surface area (Å²) in [5, 5.41) is 0. The van der Waals surface area contributed by atoms with Crippen LogP contribution in [0.3, 0.4) is 0 Å². The van der Waals surface area contributed by atoms with Gasteiger partial charge in [-0.15, -0.1) is 0 Å². The smallest absolute Gasteiger partial charge is 0.308 e. The maximum Gasteiger partial charge on any atom is 0.308 e. The standard InChI is InChI=1S/C15H14Br2N2O2/c1-10(20)21-15-13(16)7-11(8-14(15)17)9-18-19-12-5-3-2-4-6-12/h2-8,18-19H,9H2,1H3. The van der Waals surface area contributed by atoms with Crippen LogP contribution in [0.15, 0.2) is 51.4 Å². The van der Waals surface area contributed by atoms with Gasteiger partial charge in [0.25, 0.3) is 0 Å². The molecule has 0 heterocycles. The van der Waals surface area contributed by atoms with Gasteiger partial charge in [-0.2, -0.15) is 0 Å². The normalized spacial score (nSPS) is 10.2. The van der Waals surface area contributed by atoms with E-state index in [1.54, 1.807) is 0 Å². The molecule has 0 aliphatic heterocycles. The minimum absolute atomic E-state index is 0.354. The second kappa shape index (κ2) is 7.59. The monoisotopic (exact) mass is 412 g/mol. The lowest BCUT2D eigenvalue weighted by molar-refractivity contribution is -0.131. The zero-order valence-corrected chi connectivity index (χ0v) is 14.5. The van der Waals surface area contributed by atoms with Gasteiger partial charge in [0.15, 0.2) is 5.75 Å². The Morgan fingerprint density at radius 1 is 1.14 bits per heavy atom. The van der Waals surface area contributed by atoms with Crippen LogP contribution in [0.5, 0.6) is 5.75 Å². The number of hydrogen-bond acceptors (Lipinski definition) is 4. The summed E-state index contributed by atoms with van der Waals surface area (Å²) in [6.45, 7) is 1.99. The van der Waals surface area contributed by atoms with Crippen LogP contribution in [-0.4, -0.2) is 5.97 Å². The quantitative estimate of drug-likeness (QED) is 0.437. The number of nitrogens with one attached hydrogen (secondary N) is 2. The highest BCUT2D eigenvalue weighted by atomic mass is 79.9. The van der Waals surface area contributed by atoms with Gasteiger partial charge in [0, 0.05) is 19.2 Å². The molecule has 0 aromatic heterocycles. The average molecular weight is 414 g/mol. The minimum Gasteiger partial charge on any atom is -0.424 e. The molecule has 2 N–H and O–H groups in total. The summed E-state index contributed by atoms with van der Waals surface area (Å²) in [5.74, 6) is 0.135. The molecule has 2 aromatic rings. The first kappa shape index (κ1) is 16.0. The summed E-state index contributed by atoms with van der Waals surface area (Å²) in [6, 6.07) is 13.7. The first-order valence-electron chi connectivity index (χ1n) is 6.26. The fourth-order valence-corrected chi connectivity index (χ4v) is 3.17. The van der Waals surface area contributed by atoms with Gasteiger partial charge < -0.3 is 10.2 Å². The predicted octanol–water partition coefficient (Wildman–Crippen LogP) is 4.25. The maximum atomic E-state index is 11.0. The minimum atomic E-state index is -0.354. The molecule has 6 heteroatoms. The molecule has 110 valence electrons. The van der Waals surface area contributed by atoms with Gasteiger partial charge in [-0.3, -0.25) is 4.79 Å². The zero-order chi connectivity index (χ0) is 15.2. The van der Waals surface area contributed by atoms with Crippen LogP contribution >= 0.6 is 31.9 Å². The largest absolute Gasteiger partial charge is 0.424 e. The molecule has 0 saturated heterocycles. The lowest BCUT2D eigenvalue weighted by atomic mass is 10.2. The molecule has 0 aliphatic rings. The third kappa shape index (κ3) is 4.84. The Hall–Kier alpha value is -1.37. The number of hydrogen-bond donors (Lipinski definition) is 2. The molecule has 0 aliphatic carbocycles. The second-order valence-corrected chi connectivity index (χ2v) is 6.04. The van der Waals surface area contributed by atoms with Gasteiger partial charge in [0.2, 0.25) is 0 Å². The number of carbonyl (C=O) groups excluding carboxylic acids is 1. The van der Waals surface area contributed by atoms with Crippen LogP contribution in [0, 0.1) is 0 Å². The van der Waals surface area contributed by atoms with E-state index in [9.17, 15) is 4.79 Å². The molecule has 0 fully saturated rings. The van der Waals surface area contributed by atoms with Gasteiger partial charge in [0.05, 0.1) is 8.95 Å². The summed E-state index contributed by atoms with van der Waals surface area (Å²) >= 11 is 6.82. The van der Waals surface area contributed by atoms with Crippen molar-refractivity contribution in [3.8, 4) is 5.75 Å². The Morgan fingerprint density at radius 2 is 1.76 bits per heavy atom. The fourth-order valence-electron chi connectivity index (χ4n) is 1.73. The highest BCUT2D eigenvalue weighted by molar-refractivity contribution is 9.11. The van der Waals surface area contributed by atoms with Crippen LogP contribution < -0.4 is 15.6 Å². The molecule has 2 aromatic carbocycles. The number of esters is 1. The SMILES string of the molecule is CC(=O)Oc1c(Br)cc(CNNc2ccccc2)cc1Br. The number of rotatable bonds is 5. The Labute approximate surface area is 140 Å². The van der Waals surface area contributed by atoms with Crippen LogP contribution in [0.2, 0.25) is 0 Å². The molecule has 0 bridgehead atoms. The third-order valence-electron chi connectivity index (χ3n) is 2.60. The van der Waals surface area contributed by atoms with Gasteiger partial charge >= 0.3 is 5.97 Å². The zero-order valence-electron chi connectivity index (χ0n) is 11.3. The molecular weight excluding hydrogens is 400 g/mol. The topological polar surface area (TPSA) is 50.4 Å². The van der Waals surface area contributed by atoms with Crippen molar-refractivity contribution in [1.29, 1.82) is 0 Å². The molecule has 0 saturated carbocycles. The van der Waals surface area contributed by atoms with Crippen LogP contribution in [-0.2, 0) is 11.3 Å². The number of anilines is 1. The molecule has 4 nitrogen and oxygen atoms in total. The van der Waals surface area contributed by atoms with Gasteiger partial charge in [0.1, 0.15) is 0 Å². The first-order valence-corrected chi connectivity index (χ1v) is 7.85. The van der Waals surface area contributed by atoms with Gasteiger partial charge in [-0.1, -0.05) is 18.2 Å². The van der Waals surface area contributed by atoms with Crippen molar-refractivity contribution >= 4 is 43.5 Å².